The molecule has 0 amide bonds. The molecule has 0 rings (SSSR count). The zero-order chi connectivity index (χ0) is 18.6. The SMILES string of the molecule is COC(=O)C(C)OC(C)(C)C(=O)C(C)OC(C)(C)C(=O)C(C)O. The molecule has 0 radical (unpaired) electrons. The number of esters is 1. The standard InChI is InChI=1S/C16H28O7/c1-9(17)12(18)15(4,5)22-10(2)13(19)16(6,7)23-11(3)14(20)21-8/h9-11,17H,1-8H3. The normalized spacial score (nSPS) is 16.4. The molecule has 3 unspecified atom stereocenters. The van der Waals surface area contributed by atoms with Gasteiger partial charge in [-0.1, -0.05) is 0 Å². The lowest BCUT2D eigenvalue weighted by atomic mass is 9.96. The number of ether oxygens (including phenoxy) is 3. The third-order valence-electron chi connectivity index (χ3n) is 3.41. The largest absolute Gasteiger partial charge is 0.467 e. The molecule has 0 spiro atoms. The van der Waals surface area contributed by atoms with E-state index in [2.05, 4.69) is 4.74 Å². The highest BCUT2D eigenvalue weighted by atomic mass is 16.6. The van der Waals surface area contributed by atoms with E-state index in [1.165, 1.54) is 55.6 Å². The van der Waals surface area contributed by atoms with Gasteiger partial charge < -0.3 is 19.3 Å². The van der Waals surface area contributed by atoms with Crippen LogP contribution in [0.4, 0.5) is 0 Å². The number of Topliss-reactive ketones (excluding diaryl/α,β-unsaturated/α-hetero) is 2. The van der Waals surface area contributed by atoms with Gasteiger partial charge in [0.2, 0.25) is 0 Å². The van der Waals surface area contributed by atoms with Crippen molar-refractivity contribution < 1.29 is 33.7 Å². The number of hydrogen-bond acceptors (Lipinski definition) is 7. The molecule has 7 nitrogen and oxygen atoms in total. The van der Waals surface area contributed by atoms with Crippen molar-refractivity contribution in [1.82, 2.24) is 0 Å². The fraction of sp³-hybridized carbons (Fsp3) is 0.812. The number of hydrogen-bond donors (Lipinski definition) is 1. The predicted octanol–water partition coefficient (Wildman–Crippen LogP) is 1.05. The second-order valence-electron chi connectivity index (χ2n) is 6.47. The first-order chi connectivity index (χ1) is 10.3. The third-order valence-corrected chi connectivity index (χ3v) is 3.41. The number of aliphatic hydroxyl groups excluding tert-OH is 1. The van der Waals surface area contributed by atoms with Crippen LogP contribution < -0.4 is 0 Å². The van der Waals surface area contributed by atoms with Gasteiger partial charge in [-0.3, -0.25) is 9.59 Å². The van der Waals surface area contributed by atoms with Gasteiger partial charge in [-0.2, -0.15) is 0 Å². The summed E-state index contributed by atoms with van der Waals surface area (Å²) >= 11 is 0. The fourth-order valence-corrected chi connectivity index (χ4v) is 2.26. The fourth-order valence-electron chi connectivity index (χ4n) is 2.26. The molecule has 1 N–H and O–H groups in total. The molecule has 23 heavy (non-hydrogen) atoms. The van der Waals surface area contributed by atoms with E-state index in [1.54, 1.807) is 0 Å². The number of rotatable bonds is 9. The lowest BCUT2D eigenvalue weighted by Crippen LogP contribution is -2.50. The maximum absolute atomic E-state index is 12.5. The minimum absolute atomic E-state index is 0.431. The van der Waals surface area contributed by atoms with E-state index in [9.17, 15) is 19.5 Å². The highest BCUT2D eigenvalue weighted by molar-refractivity contribution is 5.93. The van der Waals surface area contributed by atoms with Crippen LogP contribution in [0.1, 0.15) is 48.5 Å². The van der Waals surface area contributed by atoms with Gasteiger partial charge in [-0.25, -0.2) is 4.79 Å². The van der Waals surface area contributed by atoms with E-state index >= 15 is 0 Å². The number of carbonyl (C=O) groups excluding carboxylic acids is 3. The summed E-state index contributed by atoms with van der Waals surface area (Å²) in [7, 11) is 1.23. The van der Waals surface area contributed by atoms with Gasteiger partial charge in [0.05, 0.1) is 7.11 Å². The van der Waals surface area contributed by atoms with Gasteiger partial charge in [0.15, 0.2) is 17.7 Å². The Morgan fingerprint density at radius 3 is 1.61 bits per heavy atom. The first kappa shape index (κ1) is 21.7. The summed E-state index contributed by atoms with van der Waals surface area (Å²) in [5.74, 6) is -1.55. The number of aliphatic hydroxyl groups is 1. The maximum Gasteiger partial charge on any atom is 0.334 e. The monoisotopic (exact) mass is 332 g/mol. The molecule has 0 aliphatic rings. The summed E-state index contributed by atoms with van der Waals surface area (Å²) in [6.07, 6.45) is -3.08. The molecule has 0 aromatic heterocycles. The smallest absolute Gasteiger partial charge is 0.334 e. The van der Waals surface area contributed by atoms with Crippen LogP contribution in [0, 0.1) is 0 Å². The van der Waals surface area contributed by atoms with Crippen LogP contribution in [0.25, 0.3) is 0 Å². The molecule has 0 aromatic rings. The molecule has 0 aliphatic heterocycles. The van der Waals surface area contributed by atoms with Crippen LogP contribution in [0.15, 0.2) is 0 Å². The highest BCUT2D eigenvalue weighted by Gasteiger charge is 2.40. The van der Waals surface area contributed by atoms with Crippen molar-refractivity contribution >= 4 is 17.5 Å². The van der Waals surface area contributed by atoms with Crippen LogP contribution in [0.3, 0.4) is 0 Å². The summed E-state index contributed by atoms with van der Waals surface area (Å²) in [5.41, 5.74) is -2.63. The lowest BCUT2D eigenvalue weighted by molar-refractivity contribution is -0.178. The molecule has 0 saturated carbocycles. The molecule has 0 aromatic carbocycles. The first-order valence-electron chi connectivity index (χ1n) is 7.46. The molecule has 0 bridgehead atoms. The lowest BCUT2D eigenvalue weighted by Gasteiger charge is -2.33. The van der Waals surface area contributed by atoms with E-state index in [0.29, 0.717) is 0 Å². The second-order valence-corrected chi connectivity index (χ2v) is 6.47. The summed E-state index contributed by atoms with van der Waals surface area (Å²) in [4.78, 5) is 35.8. The Labute approximate surface area is 137 Å². The van der Waals surface area contributed by atoms with Crippen molar-refractivity contribution in [2.45, 2.75) is 78.0 Å². The zero-order valence-corrected chi connectivity index (χ0v) is 15.1. The van der Waals surface area contributed by atoms with E-state index in [0.717, 1.165) is 0 Å². The van der Waals surface area contributed by atoms with Gasteiger partial charge >= 0.3 is 5.97 Å². The minimum Gasteiger partial charge on any atom is -0.467 e. The Balaban J connectivity index is 5.00. The number of carbonyl (C=O) groups is 3. The quantitative estimate of drug-likeness (QED) is 0.630. The van der Waals surface area contributed by atoms with Crippen molar-refractivity contribution in [1.29, 1.82) is 0 Å². The van der Waals surface area contributed by atoms with E-state index in [1.807, 2.05) is 0 Å². The van der Waals surface area contributed by atoms with E-state index in [-0.39, 0.29) is 0 Å². The van der Waals surface area contributed by atoms with Crippen molar-refractivity contribution in [2.24, 2.45) is 0 Å². The summed E-state index contributed by atoms with van der Waals surface area (Å²) in [5, 5.41) is 9.38. The Bertz CT molecular complexity index is 451. The molecule has 0 fully saturated rings. The van der Waals surface area contributed by atoms with Gasteiger partial charge in [-0.15, -0.1) is 0 Å². The molecule has 134 valence electrons. The molecule has 0 aliphatic carbocycles. The molecular weight excluding hydrogens is 304 g/mol. The van der Waals surface area contributed by atoms with Crippen LogP contribution >= 0.6 is 0 Å². The average Bonchev–Trinajstić information content (AvgIpc) is 2.43. The predicted molar refractivity (Wildman–Crippen MR) is 83.0 cm³/mol. The molecule has 3 atom stereocenters. The van der Waals surface area contributed by atoms with Crippen LogP contribution in [0.2, 0.25) is 0 Å². The minimum atomic E-state index is -1.33. The van der Waals surface area contributed by atoms with Gasteiger partial charge in [0.1, 0.15) is 23.4 Å². The summed E-state index contributed by atoms with van der Waals surface area (Å²) < 4.78 is 15.5. The van der Waals surface area contributed by atoms with Crippen molar-refractivity contribution in [3.63, 3.8) is 0 Å². The topological polar surface area (TPSA) is 99.1 Å². The average molecular weight is 332 g/mol. The van der Waals surface area contributed by atoms with E-state index < -0.39 is 47.0 Å². The third kappa shape index (κ3) is 6.01. The molecule has 7 heteroatoms. The maximum atomic E-state index is 12.5. The Kier molecular flexibility index (Phi) is 7.53. The van der Waals surface area contributed by atoms with Crippen molar-refractivity contribution in [3.05, 3.63) is 0 Å². The Hall–Kier alpha value is -1.31. The molecule has 0 heterocycles. The second kappa shape index (κ2) is 7.99. The molecular formula is C16H28O7. The Morgan fingerprint density at radius 1 is 0.826 bits per heavy atom. The van der Waals surface area contributed by atoms with Crippen molar-refractivity contribution in [2.75, 3.05) is 7.11 Å². The first-order valence-corrected chi connectivity index (χ1v) is 7.46. The summed E-state index contributed by atoms with van der Waals surface area (Å²) in [6, 6.07) is 0. The van der Waals surface area contributed by atoms with E-state index in [4.69, 9.17) is 9.47 Å². The number of ketones is 2. The highest BCUT2D eigenvalue weighted by Crippen LogP contribution is 2.22. The Morgan fingerprint density at radius 2 is 1.22 bits per heavy atom. The summed E-state index contributed by atoms with van der Waals surface area (Å²) in [6.45, 7) is 10.3. The van der Waals surface area contributed by atoms with Gasteiger partial charge in [0, 0.05) is 0 Å². The van der Waals surface area contributed by atoms with Gasteiger partial charge in [0.25, 0.3) is 0 Å². The van der Waals surface area contributed by atoms with Gasteiger partial charge in [-0.05, 0) is 48.5 Å². The van der Waals surface area contributed by atoms with Crippen LogP contribution in [0.5, 0.6) is 0 Å². The zero-order valence-electron chi connectivity index (χ0n) is 15.1. The van der Waals surface area contributed by atoms with Crippen molar-refractivity contribution in [3.8, 4) is 0 Å². The number of methoxy groups -OCH3 is 1. The van der Waals surface area contributed by atoms with Crippen LogP contribution in [-0.2, 0) is 28.6 Å². The van der Waals surface area contributed by atoms with Crippen LogP contribution in [-0.4, -0.2) is 59.3 Å². The molecule has 0 saturated heterocycles.